The molecule has 0 aliphatic carbocycles. The van der Waals surface area contributed by atoms with E-state index in [1.54, 1.807) is 6.92 Å². The highest BCUT2D eigenvalue weighted by Crippen LogP contribution is 2.25. The number of benzene rings is 2. The minimum atomic E-state index is 0.0545. The summed E-state index contributed by atoms with van der Waals surface area (Å²) in [7, 11) is 0. The monoisotopic (exact) mass is 335 g/mol. The zero-order chi connectivity index (χ0) is 18.1. The maximum absolute atomic E-state index is 9.00. The van der Waals surface area contributed by atoms with Crippen LogP contribution in [0.25, 0.3) is 16.3 Å². The van der Waals surface area contributed by atoms with E-state index < -0.39 is 0 Å². The zero-order valence-corrected chi connectivity index (χ0v) is 14.2. The summed E-state index contributed by atoms with van der Waals surface area (Å²) in [5.41, 5.74) is 2.75. The summed E-state index contributed by atoms with van der Waals surface area (Å²) in [5.74, 6) is 0. The second-order valence-electron chi connectivity index (χ2n) is 5.62. The first-order valence-electron chi connectivity index (χ1n) is 8.17. The van der Waals surface area contributed by atoms with E-state index in [9.17, 15) is 0 Å². The van der Waals surface area contributed by atoms with E-state index in [2.05, 4.69) is 11.4 Å². The van der Waals surface area contributed by atoms with Gasteiger partial charge in [-0.05, 0) is 53.5 Å². The van der Waals surface area contributed by atoms with Gasteiger partial charge in [-0.3, -0.25) is 0 Å². The van der Waals surface area contributed by atoms with Crippen molar-refractivity contribution < 1.29 is 9.84 Å². The van der Waals surface area contributed by atoms with Gasteiger partial charge in [0.1, 0.15) is 17.7 Å². The molecule has 0 aliphatic rings. The largest absolute Gasteiger partial charge is 0.394 e. The number of allylic oxidation sites excluding steroid dienone is 2. The lowest BCUT2D eigenvalue weighted by molar-refractivity contribution is 0.0922. The van der Waals surface area contributed by atoms with Crippen molar-refractivity contribution in [1.82, 2.24) is 0 Å². The Kier molecular flexibility index (Phi) is 6.98. The Morgan fingerprint density at radius 3 is 2.52 bits per heavy atom. The highest BCUT2D eigenvalue weighted by atomic mass is 16.5. The van der Waals surface area contributed by atoms with E-state index in [1.807, 2.05) is 42.5 Å². The van der Waals surface area contributed by atoms with Crippen LogP contribution in [0.3, 0.4) is 0 Å². The third kappa shape index (κ3) is 5.06. The zero-order valence-electron chi connectivity index (χ0n) is 14.2. The van der Waals surface area contributed by atoms with E-state index in [0.29, 0.717) is 18.8 Å². The molecular weight excluding hydrogens is 314 g/mol. The highest BCUT2D eigenvalue weighted by Gasteiger charge is 2.05. The first-order chi connectivity index (χ1) is 12.2. The van der Waals surface area contributed by atoms with Crippen LogP contribution in [0.4, 0.5) is 5.69 Å². The van der Waals surface area contributed by atoms with Crippen LogP contribution >= 0.6 is 0 Å². The molecule has 0 unspecified atom stereocenters. The number of aliphatic hydroxyl groups is 1. The van der Waals surface area contributed by atoms with Crippen molar-refractivity contribution in [2.75, 3.05) is 31.7 Å². The summed E-state index contributed by atoms with van der Waals surface area (Å²) in [4.78, 5) is 0. The van der Waals surface area contributed by atoms with Crippen LogP contribution in [0.5, 0.6) is 0 Å². The first kappa shape index (κ1) is 18.5. The standard InChI is InChI=1S/C20H21N3O2/c1-15(19(13-21)14-22)16-3-4-18-12-20(6-5-17(18)11-16)23-7-2-9-25-10-8-24/h3-6,11-12,23-24H,2,7-10H2,1H3. The van der Waals surface area contributed by atoms with Gasteiger partial charge in [-0.1, -0.05) is 18.2 Å². The van der Waals surface area contributed by atoms with Gasteiger partial charge >= 0.3 is 0 Å². The van der Waals surface area contributed by atoms with Gasteiger partial charge in [-0.25, -0.2) is 0 Å². The van der Waals surface area contributed by atoms with Crippen molar-refractivity contribution in [2.45, 2.75) is 13.3 Å². The summed E-state index contributed by atoms with van der Waals surface area (Å²) in [6, 6.07) is 15.9. The van der Waals surface area contributed by atoms with Crippen molar-refractivity contribution in [3.8, 4) is 12.1 Å². The Balaban J connectivity index is 2.07. The molecule has 5 nitrogen and oxygen atoms in total. The summed E-state index contributed by atoms with van der Waals surface area (Å²) < 4.78 is 5.22. The molecule has 0 saturated heterocycles. The lowest BCUT2D eigenvalue weighted by Crippen LogP contribution is -2.07. The van der Waals surface area contributed by atoms with E-state index in [1.165, 1.54) is 0 Å². The molecule has 0 spiro atoms. The number of nitrogens with one attached hydrogen (secondary N) is 1. The molecule has 0 fully saturated rings. The maximum atomic E-state index is 9.00. The third-order valence-electron chi connectivity index (χ3n) is 3.90. The van der Waals surface area contributed by atoms with Crippen molar-refractivity contribution in [2.24, 2.45) is 0 Å². The Labute approximate surface area is 147 Å². The van der Waals surface area contributed by atoms with Gasteiger partial charge < -0.3 is 15.2 Å². The first-order valence-corrected chi connectivity index (χ1v) is 8.17. The molecule has 0 aliphatic heterocycles. The fourth-order valence-electron chi connectivity index (χ4n) is 2.50. The molecule has 128 valence electrons. The van der Waals surface area contributed by atoms with Crippen LogP contribution < -0.4 is 5.32 Å². The number of aliphatic hydroxyl groups excluding tert-OH is 1. The molecule has 2 rings (SSSR count). The molecule has 0 radical (unpaired) electrons. The molecule has 2 aromatic rings. The average Bonchev–Trinajstić information content (AvgIpc) is 2.65. The van der Waals surface area contributed by atoms with Crippen molar-refractivity contribution in [3.05, 3.63) is 47.5 Å². The maximum Gasteiger partial charge on any atom is 0.133 e. The molecular formula is C20H21N3O2. The minimum absolute atomic E-state index is 0.0545. The quantitative estimate of drug-likeness (QED) is 0.569. The van der Waals surface area contributed by atoms with Gasteiger partial charge in [0.25, 0.3) is 0 Å². The summed E-state index contributed by atoms with van der Waals surface area (Å²) in [6.07, 6.45) is 0.867. The number of ether oxygens (including phenoxy) is 1. The van der Waals surface area contributed by atoms with Gasteiger partial charge in [0.05, 0.1) is 13.2 Å². The fourth-order valence-corrected chi connectivity index (χ4v) is 2.50. The van der Waals surface area contributed by atoms with Gasteiger partial charge in [0, 0.05) is 18.8 Å². The SMILES string of the molecule is CC(=C(C#N)C#N)c1ccc2cc(NCCCOCCO)ccc2c1. The summed E-state index contributed by atoms with van der Waals surface area (Å²) in [5, 5.41) is 32.1. The molecule has 0 saturated carbocycles. The second-order valence-corrected chi connectivity index (χ2v) is 5.62. The van der Waals surface area contributed by atoms with E-state index in [4.69, 9.17) is 20.4 Å². The predicted octanol–water partition coefficient (Wildman–Crippen LogP) is 3.47. The smallest absolute Gasteiger partial charge is 0.133 e. The average molecular weight is 335 g/mol. The number of nitrogens with zero attached hydrogens (tertiary/aromatic N) is 2. The van der Waals surface area contributed by atoms with E-state index in [0.717, 1.165) is 35.0 Å². The molecule has 0 atom stereocenters. The molecule has 25 heavy (non-hydrogen) atoms. The number of nitriles is 2. The van der Waals surface area contributed by atoms with Crippen LogP contribution in [-0.4, -0.2) is 31.5 Å². The molecule has 0 amide bonds. The summed E-state index contributed by atoms with van der Waals surface area (Å²) in [6.45, 7) is 3.64. The molecule has 5 heteroatoms. The van der Waals surface area contributed by atoms with Gasteiger partial charge in [0.15, 0.2) is 0 Å². The van der Waals surface area contributed by atoms with Crippen LogP contribution in [0.2, 0.25) is 0 Å². The van der Waals surface area contributed by atoms with Gasteiger partial charge in [-0.2, -0.15) is 10.5 Å². The second kappa shape index (κ2) is 9.44. The van der Waals surface area contributed by atoms with Crippen LogP contribution in [0.15, 0.2) is 42.0 Å². The lowest BCUT2D eigenvalue weighted by Gasteiger charge is -2.09. The highest BCUT2D eigenvalue weighted by molar-refractivity contribution is 5.89. The topological polar surface area (TPSA) is 89.1 Å². The molecule has 0 aromatic heterocycles. The minimum Gasteiger partial charge on any atom is -0.394 e. The fraction of sp³-hybridized carbons (Fsp3) is 0.300. The normalized spacial score (nSPS) is 10.1. The Hall–Kier alpha value is -2.86. The molecule has 2 N–H and O–H groups in total. The van der Waals surface area contributed by atoms with Gasteiger partial charge in [-0.15, -0.1) is 0 Å². The predicted molar refractivity (Wildman–Crippen MR) is 98.8 cm³/mol. The van der Waals surface area contributed by atoms with Crippen LogP contribution in [0, 0.1) is 22.7 Å². The molecule has 0 bridgehead atoms. The Bertz CT molecular complexity index is 828. The molecule has 0 heterocycles. The van der Waals surface area contributed by atoms with Crippen molar-refractivity contribution in [1.29, 1.82) is 10.5 Å². The Morgan fingerprint density at radius 1 is 1.08 bits per heavy atom. The number of rotatable bonds is 8. The number of hydrogen-bond donors (Lipinski definition) is 2. The Morgan fingerprint density at radius 2 is 1.80 bits per heavy atom. The third-order valence-corrected chi connectivity index (χ3v) is 3.90. The van der Waals surface area contributed by atoms with Crippen LogP contribution in [0.1, 0.15) is 18.9 Å². The van der Waals surface area contributed by atoms with Crippen molar-refractivity contribution in [3.63, 3.8) is 0 Å². The van der Waals surface area contributed by atoms with E-state index >= 15 is 0 Å². The van der Waals surface area contributed by atoms with Crippen LogP contribution in [-0.2, 0) is 4.74 Å². The van der Waals surface area contributed by atoms with Gasteiger partial charge in [0.2, 0.25) is 0 Å². The lowest BCUT2D eigenvalue weighted by atomic mass is 9.99. The van der Waals surface area contributed by atoms with E-state index in [-0.39, 0.29) is 12.2 Å². The number of fused-ring (bicyclic) bond motifs is 1. The number of anilines is 1. The number of hydrogen-bond acceptors (Lipinski definition) is 5. The molecule has 2 aromatic carbocycles. The summed E-state index contributed by atoms with van der Waals surface area (Å²) >= 11 is 0. The van der Waals surface area contributed by atoms with Crippen molar-refractivity contribution >= 4 is 22.0 Å².